The Balaban J connectivity index is 3.52. The summed E-state index contributed by atoms with van der Waals surface area (Å²) in [5, 5.41) is 2.90. The molecule has 14 heavy (non-hydrogen) atoms. The summed E-state index contributed by atoms with van der Waals surface area (Å²) in [5.74, 6) is 0.138. The van der Waals surface area contributed by atoms with Crippen molar-refractivity contribution in [2.75, 3.05) is 27.8 Å². The van der Waals surface area contributed by atoms with E-state index < -0.39 is 0 Å². The number of amides is 1. The third-order valence-corrected chi connectivity index (χ3v) is 1.69. The molecule has 0 fully saturated rings. The smallest absolute Gasteiger partial charge is 0.224 e. The number of hydrogen-bond acceptors (Lipinski definition) is 1. The van der Waals surface area contributed by atoms with Crippen molar-refractivity contribution in [3.05, 3.63) is 12.2 Å². The zero-order valence-electron chi connectivity index (χ0n) is 9.84. The number of allylic oxidation sites excluding steroid dienone is 2. The maximum absolute atomic E-state index is 11.3. The van der Waals surface area contributed by atoms with Crippen molar-refractivity contribution in [2.45, 2.75) is 26.2 Å². The maximum atomic E-state index is 11.3. The average Bonchev–Trinajstić information content (AvgIpc) is 2.08. The van der Waals surface area contributed by atoms with E-state index in [-0.39, 0.29) is 5.91 Å². The zero-order valence-corrected chi connectivity index (χ0v) is 9.84. The Labute approximate surface area is 87.4 Å². The molecular formula is C11H23N2O+. The highest BCUT2D eigenvalue weighted by Gasteiger charge is 2.07. The average molecular weight is 199 g/mol. The molecule has 0 heterocycles. The Hall–Kier alpha value is -0.830. The quantitative estimate of drug-likeness (QED) is 0.392. The van der Waals surface area contributed by atoms with Gasteiger partial charge in [0, 0.05) is 6.42 Å². The molecule has 3 heteroatoms. The van der Waals surface area contributed by atoms with Gasteiger partial charge in [-0.3, -0.25) is 4.79 Å². The lowest BCUT2D eigenvalue weighted by molar-refractivity contribution is -0.872. The topological polar surface area (TPSA) is 29.1 Å². The van der Waals surface area contributed by atoms with Crippen molar-refractivity contribution >= 4 is 5.91 Å². The maximum Gasteiger partial charge on any atom is 0.224 e. The molecular weight excluding hydrogens is 176 g/mol. The molecule has 0 aromatic carbocycles. The van der Waals surface area contributed by atoms with Gasteiger partial charge in [0.1, 0.15) is 0 Å². The van der Waals surface area contributed by atoms with Crippen molar-refractivity contribution in [2.24, 2.45) is 0 Å². The molecule has 0 saturated heterocycles. The van der Waals surface area contributed by atoms with Gasteiger partial charge in [-0.2, -0.15) is 0 Å². The molecule has 0 spiro atoms. The zero-order chi connectivity index (χ0) is 11.0. The Morgan fingerprint density at radius 2 is 1.93 bits per heavy atom. The summed E-state index contributed by atoms with van der Waals surface area (Å²) < 4.78 is 0.760. The van der Waals surface area contributed by atoms with Crippen LogP contribution >= 0.6 is 0 Å². The van der Waals surface area contributed by atoms with E-state index in [0.717, 1.165) is 17.3 Å². The summed E-state index contributed by atoms with van der Waals surface area (Å²) in [7, 11) is 6.16. The molecule has 0 saturated carbocycles. The summed E-state index contributed by atoms with van der Waals surface area (Å²) in [6.07, 6.45) is 6.63. The molecule has 0 aromatic rings. The summed E-state index contributed by atoms with van der Waals surface area (Å²) in [6, 6.07) is 0. The van der Waals surface area contributed by atoms with Gasteiger partial charge in [0.15, 0.2) is 6.67 Å². The van der Waals surface area contributed by atoms with Crippen LogP contribution in [-0.4, -0.2) is 38.2 Å². The Bertz CT molecular complexity index is 192. The monoisotopic (exact) mass is 199 g/mol. The first-order valence-corrected chi connectivity index (χ1v) is 5.18. The molecule has 1 N–H and O–H groups in total. The summed E-state index contributed by atoms with van der Waals surface area (Å²) in [4.78, 5) is 11.3. The fourth-order valence-electron chi connectivity index (χ4n) is 0.913. The lowest BCUT2D eigenvalue weighted by atomic mass is 10.2. The molecule has 1 amide bonds. The highest BCUT2D eigenvalue weighted by atomic mass is 16.1. The molecule has 0 unspecified atom stereocenters. The van der Waals surface area contributed by atoms with E-state index in [2.05, 4.69) is 45.5 Å². The minimum Gasteiger partial charge on any atom is -0.314 e. The lowest BCUT2D eigenvalue weighted by Gasteiger charge is -2.23. The number of hydrogen-bond donors (Lipinski definition) is 1. The van der Waals surface area contributed by atoms with Crippen LogP contribution in [0.25, 0.3) is 0 Å². The van der Waals surface area contributed by atoms with Crippen molar-refractivity contribution in [3.63, 3.8) is 0 Å². The first kappa shape index (κ1) is 13.2. The molecule has 0 aliphatic heterocycles. The fraction of sp³-hybridized carbons (Fsp3) is 0.727. The third-order valence-electron chi connectivity index (χ3n) is 1.69. The highest BCUT2D eigenvalue weighted by Crippen LogP contribution is 1.93. The van der Waals surface area contributed by atoms with Gasteiger partial charge in [-0.15, -0.1) is 0 Å². The predicted octanol–water partition coefficient (Wildman–Crippen LogP) is 1.51. The Kier molecular flexibility index (Phi) is 6.21. The van der Waals surface area contributed by atoms with Crippen molar-refractivity contribution in [1.29, 1.82) is 0 Å². The van der Waals surface area contributed by atoms with E-state index in [0.29, 0.717) is 13.1 Å². The molecule has 0 bridgehead atoms. The van der Waals surface area contributed by atoms with Crippen LogP contribution < -0.4 is 5.32 Å². The van der Waals surface area contributed by atoms with Crippen molar-refractivity contribution in [3.8, 4) is 0 Å². The van der Waals surface area contributed by atoms with Crippen LogP contribution in [0, 0.1) is 0 Å². The molecule has 82 valence electrons. The van der Waals surface area contributed by atoms with E-state index in [4.69, 9.17) is 0 Å². The first-order chi connectivity index (χ1) is 6.45. The number of carbonyl (C=O) groups excluding carboxylic acids is 1. The summed E-state index contributed by atoms with van der Waals surface area (Å²) >= 11 is 0. The third kappa shape index (κ3) is 9.26. The normalized spacial score (nSPS) is 12.0. The molecule has 0 aromatic heterocycles. The molecule has 3 nitrogen and oxygen atoms in total. The standard InChI is InChI=1S/C11H22N2O/c1-5-6-7-8-9-11(14)12-10-13(2,3)4/h6-7H,5,8-10H2,1-4H3/p+1/b7-6+. The van der Waals surface area contributed by atoms with Gasteiger partial charge < -0.3 is 9.80 Å². The van der Waals surface area contributed by atoms with Gasteiger partial charge in [-0.05, 0) is 12.8 Å². The SMILES string of the molecule is CC/C=C/CCC(=O)NC[N+](C)(C)C. The van der Waals surface area contributed by atoms with Gasteiger partial charge in [-0.25, -0.2) is 0 Å². The molecule has 0 radical (unpaired) electrons. The fourth-order valence-corrected chi connectivity index (χ4v) is 0.913. The van der Waals surface area contributed by atoms with Crippen molar-refractivity contribution < 1.29 is 9.28 Å². The summed E-state index contributed by atoms with van der Waals surface area (Å²) in [6.45, 7) is 2.78. The summed E-state index contributed by atoms with van der Waals surface area (Å²) in [5.41, 5.74) is 0. The minimum atomic E-state index is 0.138. The van der Waals surface area contributed by atoms with Crippen LogP contribution in [0.2, 0.25) is 0 Å². The van der Waals surface area contributed by atoms with E-state index in [1.807, 2.05) is 0 Å². The van der Waals surface area contributed by atoms with Crippen LogP contribution in [0.4, 0.5) is 0 Å². The van der Waals surface area contributed by atoms with Crippen LogP contribution in [0.5, 0.6) is 0 Å². The van der Waals surface area contributed by atoms with E-state index in [1.165, 1.54) is 0 Å². The lowest BCUT2D eigenvalue weighted by Crippen LogP contribution is -2.45. The second-order valence-corrected chi connectivity index (χ2v) is 4.47. The molecule has 0 aliphatic rings. The first-order valence-electron chi connectivity index (χ1n) is 5.18. The second kappa shape index (κ2) is 6.60. The highest BCUT2D eigenvalue weighted by molar-refractivity contribution is 5.75. The Morgan fingerprint density at radius 3 is 2.43 bits per heavy atom. The molecule has 0 rings (SSSR count). The van der Waals surface area contributed by atoms with Gasteiger partial charge in [-0.1, -0.05) is 19.1 Å². The number of nitrogens with zero attached hydrogens (tertiary/aromatic N) is 1. The van der Waals surface area contributed by atoms with Crippen LogP contribution in [0.3, 0.4) is 0 Å². The second-order valence-electron chi connectivity index (χ2n) is 4.47. The van der Waals surface area contributed by atoms with Crippen LogP contribution in [0.15, 0.2) is 12.2 Å². The number of rotatable bonds is 6. The molecule has 0 aliphatic carbocycles. The predicted molar refractivity (Wildman–Crippen MR) is 59.7 cm³/mol. The number of nitrogens with one attached hydrogen (secondary N) is 1. The van der Waals surface area contributed by atoms with Crippen LogP contribution in [-0.2, 0) is 4.79 Å². The Morgan fingerprint density at radius 1 is 1.29 bits per heavy atom. The van der Waals surface area contributed by atoms with Gasteiger partial charge in [0.25, 0.3) is 0 Å². The minimum absolute atomic E-state index is 0.138. The van der Waals surface area contributed by atoms with E-state index >= 15 is 0 Å². The van der Waals surface area contributed by atoms with E-state index in [1.54, 1.807) is 0 Å². The van der Waals surface area contributed by atoms with Gasteiger partial charge in [0.05, 0.1) is 21.1 Å². The van der Waals surface area contributed by atoms with Gasteiger partial charge >= 0.3 is 0 Å². The van der Waals surface area contributed by atoms with Crippen molar-refractivity contribution in [1.82, 2.24) is 5.32 Å². The molecule has 0 atom stereocenters. The van der Waals surface area contributed by atoms with Crippen LogP contribution in [0.1, 0.15) is 26.2 Å². The number of carbonyl (C=O) groups is 1. The van der Waals surface area contributed by atoms with E-state index in [9.17, 15) is 4.79 Å². The van der Waals surface area contributed by atoms with Gasteiger partial charge in [0.2, 0.25) is 5.91 Å². The number of quaternary nitrogens is 1. The largest absolute Gasteiger partial charge is 0.314 e.